The molecule has 0 amide bonds. The van der Waals surface area contributed by atoms with Crippen LogP contribution in [0.1, 0.15) is 51.7 Å². The Morgan fingerprint density at radius 2 is 2.06 bits per heavy atom. The molecule has 0 aliphatic carbocycles. The molecule has 90 valence electrons. The van der Waals surface area contributed by atoms with Crippen molar-refractivity contribution in [2.45, 2.75) is 59.5 Å². The minimum absolute atomic E-state index is 0.367. The van der Waals surface area contributed by atoms with E-state index in [9.17, 15) is 0 Å². The molecule has 1 heteroatoms. The summed E-state index contributed by atoms with van der Waals surface area (Å²) in [6, 6.07) is 6.64. The molecule has 0 N–H and O–H groups in total. The topological polar surface area (TPSA) is 9.23 Å². The first kappa shape index (κ1) is 13.1. The van der Waals surface area contributed by atoms with E-state index in [-0.39, 0.29) is 0 Å². The van der Waals surface area contributed by atoms with Crippen molar-refractivity contribution < 1.29 is 4.74 Å². The number of unbranched alkanes of at least 4 members (excludes halogenated alkanes) is 1. The minimum Gasteiger partial charge on any atom is -0.490 e. The molecule has 0 spiro atoms. The lowest BCUT2D eigenvalue weighted by molar-refractivity contribution is 0.254. The van der Waals surface area contributed by atoms with Gasteiger partial charge in [0.25, 0.3) is 0 Å². The molecular formula is C15H24O. The minimum atomic E-state index is 0.367. The first-order chi connectivity index (χ1) is 7.79. The van der Waals surface area contributed by atoms with Crippen LogP contribution >= 0.6 is 0 Å². The molecule has 1 aliphatic rings. The smallest absolute Gasteiger partial charge is 0.123 e. The van der Waals surface area contributed by atoms with Gasteiger partial charge in [-0.15, -0.1) is 0 Å². The van der Waals surface area contributed by atoms with Crippen LogP contribution in [0.3, 0.4) is 0 Å². The Hall–Kier alpha value is -0.980. The molecule has 0 saturated heterocycles. The van der Waals surface area contributed by atoms with Gasteiger partial charge in [0.1, 0.15) is 11.9 Å². The van der Waals surface area contributed by atoms with Crippen molar-refractivity contribution in [2.24, 2.45) is 0 Å². The summed E-state index contributed by atoms with van der Waals surface area (Å²) in [6.07, 6.45) is 5.21. The van der Waals surface area contributed by atoms with Gasteiger partial charge >= 0.3 is 0 Å². The lowest BCUT2D eigenvalue weighted by Crippen LogP contribution is -2.05. The molecule has 0 radical (unpaired) electrons. The third kappa shape index (κ3) is 3.26. The van der Waals surface area contributed by atoms with E-state index in [0.29, 0.717) is 6.10 Å². The van der Waals surface area contributed by atoms with Gasteiger partial charge in [0.15, 0.2) is 0 Å². The Bertz CT molecular complexity index is 317. The third-order valence-electron chi connectivity index (χ3n) is 2.78. The van der Waals surface area contributed by atoms with E-state index in [2.05, 4.69) is 32.0 Å². The van der Waals surface area contributed by atoms with Crippen molar-refractivity contribution in [1.82, 2.24) is 0 Å². The maximum Gasteiger partial charge on any atom is 0.123 e. The third-order valence-corrected chi connectivity index (χ3v) is 2.78. The molecule has 16 heavy (non-hydrogen) atoms. The summed E-state index contributed by atoms with van der Waals surface area (Å²) in [7, 11) is 0. The molecule has 1 atom stereocenters. The standard InChI is InChI=1S/C13H18O.C2H6/c1-3-4-5-11-6-7-13-12(9-11)8-10(2)14-13;1-2/h6-7,9-10H,3-5,8H2,1-2H3;1-2H3. The molecule has 2 rings (SSSR count). The van der Waals surface area contributed by atoms with Crippen molar-refractivity contribution in [2.75, 3.05) is 0 Å². The number of hydrogen-bond donors (Lipinski definition) is 0. The molecule has 1 aromatic rings. The lowest BCUT2D eigenvalue weighted by Gasteiger charge is -2.03. The van der Waals surface area contributed by atoms with Gasteiger partial charge in [-0.3, -0.25) is 0 Å². The van der Waals surface area contributed by atoms with Crippen LogP contribution in [0.25, 0.3) is 0 Å². The number of fused-ring (bicyclic) bond motifs is 1. The molecule has 0 aromatic heterocycles. The molecule has 1 aromatic carbocycles. The number of ether oxygens (including phenoxy) is 1. The summed E-state index contributed by atoms with van der Waals surface area (Å²) in [6.45, 7) is 8.37. The highest BCUT2D eigenvalue weighted by Crippen LogP contribution is 2.29. The summed E-state index contributed by atoms with van der Waals surface area (Å²) < 4.78 is 5.67. The Kier molecular flexibility index (Phi) is 5.37. The summed E-state index contributed by atoms with van der Waals surface area (Å²) in [5.74, 6) is 1.10. The van der Waals surface area contributed by atoms with Crippen molar-refractivity contribution in [3.63, 3.8) is 0 Å². The highest BCUT2D eigenvalue weighted by atomic mass is 16.5. The second-order valence-electron chi connectivity index (χ2n) is 4.18. The summed E-state index contributed by atoms with van der Waals surface area (Å²) >= 11 is 0. The zero-order valence-corrected chi connectivity index (χ0v) is 11.0. The largest absolute Gasteiger partial charge is 0.490 e. The van der Waals surface area contributed by atoms with Crippen molar-refractivity contribution in [1.29, 1.82) is 0 Å². The summed E-state index contributed by atoms with van der Waals surface area (Å²) in [5.41, 5.74) is 2.86. The van der Waals surface area contributed by atoms with Crippen molar-refractivity contribution in [3.05, 3.63) is 29.3 Å². The van der Waals surface area contributed by atoms with Crippen LogP contribution in [0.4, 0.5) is 0 Å². The van der Waals surface area contributed by atoms with E-state index in [0.717, 1.165) is 12.2 Å². The monoisotopic (exact) mass is 220 g/mol. The first-order valence-electron chi connectivity index (χ1n) is 6.58. The molecule has 0 saturated carbocycles. The van der Waals surface area contributed by atoms with Crippen LogP contribution in [0.15, 0.2) is 18.2 Å². The van der Waals surface area contributed by atoms with E-state index >= 15 is 0 Å². The molecule has 0 fully saturated rings. The number of rotatable bonds is 3. The molecule has 1 aliphatic heterocycles. The molecule has 1 unspecified atom stereocenters. The van der Waals surface area contributed by atoms with E-state index < -0.39 is 0 Å². The maximum absolute atomic E-state index is 5.67. The van der Waals surface area contributed by atoms with Gasteiger partial charge in [0.05, 0.1) is 0 Å². The quantitative estimate of drug-likeness (QED) is 0.734. The summed E-state index contributed by atoms with van der Waals surface area (Å²) in [4.78, 5) is 0. The average Bonchev–Trinajstić information content (AvgIpc) is 2.68. The second-order valence-corrected chi connectivity index (χ2v) is 4.18. The zero-order chi connectivity index (χ0) is 12.0. The van der Waals surface area contributed by atoms with Gasteiger partial charge in [-0.2, -0.15) is 0 Å². The predicted octanol–water partition coefficient (Wildman–Crippen LogP) is 4.38. The number of benzene rings is 1. The Labute approximate surface area is 99.8 Å². The van der Waals surface area contributed by atoms with E-state index in [1.54, 1.807) is 0 Å². The van der Waals surface area contributed by atoms with Gasteiger partial charge in [0, 0.05) is 6.42 Å². The Balaban J connectivity index is 0.000000606. The van der Waals surface area contributed by atoms with E-state index in [1.807, 2.05) is 13.8 Å². The first-order valence-corrected chi connectivity index (χ1v) is 6.58. The molecule has 1 nitrogen and oxygen atoms in total. The fraction of sp³-hybridized carbons (Fsp3) is 0.600. The highest BCUT2D eigenvalue weighted by molar-refractivity contribution is 5.40. The SMILES string of the molecule is CC.CCCCc1ccc2c(c1)CC(C)O2. The number of hydrogen-bond acceptors (Lipinski definition) is 1. The van der Waals surface area contributed by atoms with Crippen LogP contribution < -0.4 is 4.74 Å². The summed E-state index contributed by atoms with van der Waals surface area (Å²) in [5, 5.41) is 0. The van der Waals surface area contributed by atoms with Crippen LogP contribution in [0, 0.1) is 0 Å². The number of aryl methyl sites for hydroxylation is 1. The van der Waals surface area contributed by atoms with Crippen LogP contribution in [0.5, 0.6) is 5.75 Å². The average molecular weight is 220 g/mol. The maximum atomic E-state index is 5.67. The van der Waals surface area contributed by atoms with Gasteiger partial charge in [-0.05, 0) is 37.0 Å². The predicted molar refractivity (Wildman–Crippen MR) is 70.2 cm³/mol. The van der Waals surface area contributed by atoms with Crippen molar-refractivity contribution in [3.8, 4) is 5.75 Å². The van der Waals surface area contributed by atoms with Crippen LogP contribution in [-0.4, -0.2) is 6.10 Å². The Morgan fingerprint density at radius 3 is 2.75 bits per heavy atom. The van der Waals surface area contributed by atoms with E-state index in [1.165, 1.54) is 30.4 Å². The van der Waals surface area contributed by atoms with Crippen molar-refractivity contribution >= 4 is 0 Å². The molecular weight excluding hydrogens is 196 g/mol. The highest BCUT2D eigenvalue weighted by Gasteiger charge is 2.18. The fourth-order valence-electron chi connectivity index (χ4n) is 2.01. The van der Waals surface area contributed by atoms with Gasteiger partial charge in [-0.1, -0.05) is 39.3 Å². The van der Waals surface area contributed by atoms with E-state index in [4.69, 9.17) is 4.74 Å². The van der Waals surface area contributed by atoms with Gasteiger partial charge < -0.3 is 4.74 Å². The molecule has 0 bridgehead atoms. The zero-order valence-electron chi connectivity index (χ0n) is 11.0. The van der Waals surface area contributed by atoms with Gasteiger partial charge in [0.2, 0.25) is 0 Å². The lowest BCUT2D eigenvalue weighted by atomic mass is 10.0. The van der Waals surface area contributed by atoms with Gasteiger partial charge in [-0.25, -0.2) is 0 Å². The van der Waals surface area contributed by atoms with Crippen LogP contribution in [-0.2, 0) is 12.8 Å². The van der Waals surface area contributed by atoms with Crippen LogP contribution in [0.2, 0.25) is 0 Å². The molecule has 1 heterocycles. The second kappa shape index (κ2) is 6.57. The fourth-order valence-corrected chi connectivity index (χ4v) is 2.01. The Morgan fingerprint density at radius 1 is 1.31 bits per heavy atom. The normalized spacial score (nSPS) is 17.1.